The zero-order valence-electron chi connectivity index (χ0n) is 10.5. The van der Waals surface area contributed by atoms with Crippen molar-refractivity contribution in [2.75, 3.05) is 0 Å². The smallest absolute Gasteiger partial charge is 0.137 e. The molecule has 19 heavy (non-hydrogen) atoms. The largest absolute Gasteiger partial charge is 0.323 e. The number of imidazole rings is 1. The third-order valence-corrected chi connectivity index (χ3v) is 3.09. The number of fused-ring (bicyclic) bond motifs is 1. The number of pyridine rings is 1. The highest BCUT2D eigenvalue weighted by atomic mass is 19.1. The van der Waals surface area contributed by atoms with Gasteiger partial charge in [0, 0.05) is 17.8 Å². The normalized spacial score (nSPS) is 12.8. The molecule has 0 saturated carbocycles. The van der Waals surface area contributed by atoms with E-state index in [2.05, 4.69) is 4.98 Å². The Morgan fingerprint density at radius 1 is 1.21 bits per heavy atom. The molecule has 2 aromatic heterocycles. The Balaban J connectivity index is 2.34. The maximum Gasteiger partial charge on any atom is 0.137 e. The lowest BCUT2D eigenvalue weighted by Crippen LogP contribution is -2.07. The molecule has 1 atom stereocenters. The summed E-state index contributed by atoms with van der Waals surface area (Å²) in [4.78, 5) is 4.53. The van der Waals surface area contributed by atoms with Crippen molar-refractivity contribution < 1.29 is 4.39 Å². The maximum atomic E-state index is 13.4. The molecule has 0 aliphatic carbocycles. The minimum absolute atomic E-state index is 0.210. The van der Waals surface area contributed by atoms with Crippen LogP contribution in [0.25, 0.3) is 16.9 Å². The van der Waals surface area contributed by atoms with Gasteiger partial charge in [-0.2, -0.15) is 0 Å². The minimum Gasteiger partial charge on any atom is -0.323 e. The molecule has 3 nitrogen and oxygen atoms in total. The molecule has 1 aromatic carbocycles. The van der Waals surface area contributed by atoms with Crippen molar-refractivity contribution in [1.29, 1.82) is 0 Å². The number of hydrogen-bond acceptors (Lipinski definition) is 2. The van der Waals surface area contributed by atoms with Gasteiger partial charge in [-0.15, -0.1) is 0 Å². The first kappa shape index (κ1) is 11.9. The Hall–Kier alpha value is -2.20. The monoisotopic (exact) mass is 255 g/mol. The topological polar surface area (TPSA) is 43.3 Å². The van der Waals surface area contributed by atoms with Crippen LogP contribution in [-0.2, 0) is 0 Å². The number of nitrogens with two attached hydrogens (primary N) is 1. The van der Waals surface area contributed by atoms with Gasteiger partial charge >= 0.3 is 0 Å². The Bertz CT molecular complexity index is 731. The first-order valence-corrected chi connectivity index (χ1v) is 6.15. The van der Waals surface area contributed by atoms with Gasteiger partial charge in [-0.05, 0) is 31.2 Å². The SMILES string of the molecule is CC(N)c1nc2ccccn2c1-c1cccc(F)c1. The summed E-state index contributed by atoms with van der Waals surface area (Å²) in [6.45, 7) is 1.88. The van der Waals surface area contributed by atoms with Crippen molar-refractivity contribution in [3.05, 3.63) is 60.2 Å². The van der Waals surface area contributed by atoms with E-state index in [9.17, 15) is 4.39 Å². The minimum atomic E-state index is -0.265. The molecule has 96 valence electrons. The zero-order chi connectivity index (χ0) is 13.4. The molecule has 0 bridgehead atoms. The second kappa shape index (κ2) is 4.48. The molecule has 0 radical (unpaired) electrons. The van der Waals surface area contributed by atoms with Crippen LogP contribution in [-0.4, -0.2) is 9.38 Å². The van der Waals surface area contributed by atoms with Crippen LogP contribution in [0.2, 0.25) is 0 Å². The van der Waals surface area contributed by atoms with Crippen LogP contribution in [0, 0.1) is 5.82 Å². The predicted octanol–water partition coefficient (Wildman–Crippen LogP) is 3.16. The molecule has 0 aliphatic rings. The van der Waals surface area contributed by atoms with Gasteiger partial charge in [-0.1, -0.05) is 18.2 Å². The van der Waals surface area contributed by atoms with Crippen molar-refractivity contribution in [3.8, 4) is 11.3 Å². The molecular formula is C15H14FN3. The molecular weight excluding hydrogens is 241 g/mol. The fourth-order valence-corrected chi connectivity index (χ4v) is 2.25. The molecule has 4 heteroatoms. The van der Waals surface area contributed by atoms with Crippen LogP contribution in [0.5, 0.6) is 0 Å². The van der Waals surface area contributed by atoms with E-state index >= 15 is 0 Å². The van der Waals surface area contributed by atoms with E-state index in [-0.39, 0.29) is 11.9 Å². The van der Waals surface area contributed by atoms with Gasteiger partial charge in [0.05, 0.1) is 11.4 Å². The van der Waals surface area contributed by atoms with Gasteiger partial charge in [-0.3, -0.25) is 4.40 Å². The van der Waals surface area contributed by atoms with E-state index in [4.69, 9.17) is 5.73 Å². The van der Waals surface area contributed by atoms with Crippen LogP contribution in [0.4, 0.5) is 4.39 Å². The van der Waals surface area contributed by atoms with Crippen molar-refractivity contribution in [1.82, 2.24) is 9.38 Å². The Morgan fingerprint density at radius 2 is 2.05 bits per heavy atom. The summed E-state index contributed by atoms with van der Waals surface area (Å²) in [5.74, 6) is -0.265. The Morgan fingerprint density at radius 3 is 2.79 bits per heavy atom. The van der Waals surface area contributed by atoms with E-state index in [1.807, 2.05) is 41.8 Å². The van der Waals surface area contributed by atoms with Gasteiger partial charge in [0.15, 0.2) is 0 Å². The van der Waals surface area contributed by atoms with Gasteiger partial charge in [0.1, 0.15) is 11.5 Å². The molecule has 0 fully saturated rings. The summed E-state index contributed by atoms with van der Waals surface area (Å²) in [5, 5.41) is 0. The Labute approximate surface area is 110 Å². The molecule has 0 aliphatic heterocycles. The van der Waals surface area contributed by atoms with Gasteiger partial charge in [0.2, 0.25) is 0 Å². The molecule has 3 aromatic rings. The second-order valence-electron chi connectivity index (χ2n) is 4.57. The quantitative estimate of drug-likeness (QED) is 0.764. The van der Waals surface area contributed by atoms with Crippen LogP contribution in [0.3, 0.4) is 0 Å². The summed E-state index contributed by atoms with van der Waals surface area (Å²) in [6, 6.07) is 12.0. The average Bonchev–Trinajstić information content (AvgIpc) is 2.78. The van der Waals surface area contributed by atoms with Crippen LogP contribution in [0.1, 0.15) is 18.7 Å². The summed E-state index contributed by atoms with van der Waals surface area (Å²) < 4.78 is 15.4. The number of benzene rings is 1. The van der Waals surface area contributed by atoms with E-state index < -0.39 is 0 Å². The maximum absolute atomic E-state index is 13.4. The van der Waals surface area contributed by atoms with Gasteiger partial charge in [-0.25, -0.2) is 9.37 Å². The molecule has 2 N–H and O–H groups in total. The highest BCUT2D eigenvalue weighted by Gasteiger charge is 2.16. The number of nitrogens with zero attached hydrogens (tertiary/aromatic N) is 2. The first-order valence-electron chi connectivity index (χ1n) is 6.15. The van der Waals surface area contributed by atoms with Crippen molar-refractivity contribution in [2.24, 2.45) is 5.73 Å². The number of hydrogen-bond donors (Lipinski definition) is 1. The van der Waals surface area contributed by atoms with Crippen molar-refractivity contribution >= 4 is 5.65 Å². The first-order chi connectivity index (χ1) is 9.16. The average molecular weight is 255 g/mol. The summed E-state index contributed by atoms with van der Waals surface area (Å²) in [5.41, 5.74) is 9.21. The summed E-state index contributed by atoms with van der Waals surface area (Å²) in [7, 11) is 0. The van der Waals surface area contributed by atoms with Crippen molar-refractivity contribution in [2.45, 2.75) is 13.0 Å². The van der Waals surface area contributed by atoms with Crippen LogP contribution < -0.4 is 5.73 Å². The molecule has 3 rings (SSSR count). The predicted molar refractivity (Wildman–Crippen MR) is 73.2 cm³/mol. The molecule has 1 unspecified atom stereocenters. The third-order valence-electron chi connectivity index (χ3n) is 3.09. The van der Waals surface area contributed by atoms with Crippen molar-refractivity contribution in [3.63, 3.8) is 0 Å². The fraction of sp³-hybridized carbons (Fsp3) is 0.133. The lowest BCUT2D eigenvalue weighted by atomic mass is 10.1. The molecule has 2 heterocycles. The number of halogens is 1. The lowest BCUT2D eigenvalue weighted by molar-refractivity contribution is 0.628. The molecule has 0 saturated heterocycles. The van der Waals surface area contributed by atoms with E-state index in [1.165, 1.54) is 12.1 Å². The summed E-state index contributed by atoms with van der Waals surface area (Å²) in [6.07, 6.45) is 1.91. The highest BCUT2D eigenvalue weighted by Crippen LogP contribution is 2.28. The Kier molecular flexibility index (Phi) is 2.80. The number of rotatable bonds is 2. The van der Waals surface area contributed by atoms with E-state index in [0.29, 0.717) is 0 Å². The third kappa shape index (κ3) is 2.00. The second-order valence-corrected chi connectivity index (χ2v) is 4.57. The molecule has 0 spiro atoms. The standard InChI is InChI=1S/C15H14FN3/c1-10(17)14-15(11-5-4-6-12(16)9-11)19-8-3-2-7-13(19)18-14/h2-10H,17H2,1H3. The zero-order valence-corrected chi connectivity index (χ0v) is 10.5. The van der Waals surface area contributed by atoms with Crippen LogP contribution >= 0.6 is 0 Å². The van der Waals surface area contributed by atoms with Gasteiger partial charge < -0.3 is 5.73 Å². The fourth-order valence-electron chi connectivity index (χ4n) is 2.25. The van der Waals surface area contributed by atoms with Crippen LogP contribution in [0.15, 0.2) is 48.7 Å². The lowest BCUT2D eigenvalue weighted by Gasteiger charge is -2.07. The molecule has 0 amide bonds. The van der Waals surface area contributed by atoms with Gasteiger partial charge in [0.25, 0.3) is 0 Å². The van der Waals surface area contributed by atoms with E-state index in [0.717, 1.165) is 22.6 Å². The van der Waals surface area contributed by atoms with E-state index in [1.54, 1.807) is 6.07 Å². The summed E-state index contributed by atoms with van der Waals surface area (Å²) >= 11 is 0. The number of aromatic nitrogens is 2. The highest BCUT2D eigenvalue weighted by molar-refractivity contribution is 5.67.